The molecule has 2 N–H and O–H groups in total. The van der Waals surface area contributed by atoms with Gasteiger partial charge in [-0.3, -0.25) is 0 Å². The van der Waals surface area contributed by atoms with Crippen molar-refractivity contribution < 1.29 is 0 Å². The second kappa shape index (κ2) is 6.66. The van der Waals surface area contributed by atoms with Crippen molar-refractivity contribution in [2.75, 3.05) is 31.1 Å². The number of hydrogen-bond acceptors (Lipinski definition) is 5. The lowest BCUT2D eigenvalue weighted by molar-refractivity contribution is 0.141. The predicted molar refractivity (Wildman–Crippen MR) is 88.6 cm³/mol. The molecule has 2 fully saturated rings. The van der Waals surface area contributed by atoms with Crippen LogP contribution in [0.25, 0.3) is 0 Å². The number of thiocarbonyl (C=S) groups is 1. The molecule has 2 aliphatic heterocycles. The molecule has 0 aromatic carbocycles. The van der Waals surface area contributed by atoms with Crippen molar-refractivity contribution in [1.29, 1.82) is 0 Å². The highest BCUT2D eigenvalue weighted by Crippen LogP contribution is 2.23. The van der Waals surface area contributed by atoms with Crippen LogP contribution < -0.4 is 10.6 Å². The monoisotopic (exact) mass is 305 g/mol. The van der Waals surface area contributed by atoms with Crippen LogP contribution in [0.3, 0.4) is 0 Å². The molecule has 0 unspecified atom stereocenters. The van der Waals surface area contributed by atoms with Gasteiger partial charge in [0.05, 0.1) is 12.4 Å². The van der Waals surface area contributed by atoms with Crippen LogP contribution >= 0.6 is 12.2 Å². The molecule has 3 heterocycles. The van der Waals surface area contributed by atoms with E-state index in [-0.39, 0.29) is 0 Å². The third-order valence-corrected chi connectivity index (χ3v) is 4.80. The van der Waals surface area contributed by atoms with Gasteiger partial charge >= 0.3 is 0 Å². The lowest BCUT2D eigenvalue weighted by atomic mass is 10.00. The first kappa shape index (κ1) is 14.7. The Hall–Kier alpha value is -1.27. The van der Waals surface area contributed by atoms with Gasteiger partial charge in [-0.05, 0) is 38.8 Å². The van der Waals surface area contributed by atoms with Gasteiger partial charge in [0.25, 0.3) is 0 Å². The van der Waals surface area contributed by atoms with Crippen LogP contribution in [0.2, 0.25) is 0 Å². The summed E-state index contributed by atoms with van der Waals surface area (Å²) in [4.78, 5) is 14.0. The molecule has 2 saturated heterocycles. The molecule has 0 radical (unpaired) electrons. The zero-order valence-electron chi connectivity index (χ0n) is 12.4. The molecule has 0 aliphatic carbocycles. The summed E-state index contributed by atoms with van der Waals surface area (Å²) in [7, 11) is 0. The highest BCUT2D eigenvalue weighted by molar-refractivity contribution is 7.80. The number of likely N-dealkylation sites (tertiary alicyclic amines) is 1. The minimum atomic E-state index is 0.304. The van der Waals surface area contributed by atoms with Crippen LogP contribution in [0.15, 0.2) is 12.4 Å². The SMILES string of the molecule is NC(=S)c1cnc(N2CCC(N3CCCCC3)CC2)cn1. The zero-order chi connectivity index (χ0) is 14.7. The number of rotatable bonds is 3. The molecule has 2 aliphatic rings. The van der Waals surface area contributed by atoms with Gasteiger partial charge in [-0.2, -0.15) is 0 Å². The maximum absolute atomic E-state index is 5.55. The minimum Gasteiger partial charge on any atom is -0.388 e. The third kappa shape index (κ3) is 3.49. The van der Waals surface area contributed by atoms with E-state index in [2.05, 4.69) is 19.8 Å². The average molecular weight is 305 g/mol. The highest BCUT2D eigenvalue weighted by Gasteiger charge is 2.26. The molecule has 6 heteroatoms. The number of piperidine rings is 2. The summed E-state index contributed by atoms with van der Waals surface area (Å²) in [6.07, 6.45) is 10.0. The third-order valence-electron chi connectivity index (χ3n) is 4.59. The first-order chi connectivity index (χ1) is 10.2. The second-order valence-electron chi connectivity index (χ2n) is 5.94. The van der Waals surface area contributed by atoms with Crippen molar-refractivity contribution in [3.05, 3.63) is 18.1 Å². The Balaban J connectivity index is 1.56. The summed E-state index contributed by atoms with van der Waals surface area (Å²) in [6, 6.07) is 0.755. The molecule has 3 rings (SSSR count). The van der Waals surface area contributed by atoms with Crippen LogP contribution in [0.5, 0.6) is 0 Å². The van der Waals surface area contributed by atoms with E-state index in [0.717, 1.165) is 24.9 Å². The maximum atomic E-state index is 5.55. The Kier molecular flexibility index (Phi) is 4.65. The first-order valence-electron chi connectivity index (χ1n) is 7.85. The molecular weight excluding hydrogens is 282 g/mol. The summed E-state index contributed by atoms with van der Waals surface area (Å²) in [5.74, 6) is 0.937. The van der Waals surface area contributed by atoms with Crippen molar-refractivity contribution in [2.24, 2.45) is 5.73 Å². The molecule has 0 amide bonds. The average Bonchev–Trinajstić information content (AvgIpc) is 2.56. The van der Waals surface area contributed by atoms with Crippen LogP contribution in [-0.2, 0) is 0 Å². The Morgan fingerprint density at radius 2 is 1.76 bits per heavy atom. The standard InChI is InChI=1S/C15H23N5S/c16-15(21)13-10-18-14(11-17-13)20-8-4-12(5-9-20)19-6-2-1-3-7-19/h10-12H,1-9H2,(H2,16,21). The quantitative estimate of drug-likeness (QED) is 0.855. The van der Waals surface area contributed by atoms with E-state index < -0.39 is 0 Å². The van der Waals surface area contributed by atoms with Gasteiger partial charge in [0.2, 0.25) is 0 Å². The van der Waals surface area contributed by atoms with Crippen molar-refractivity contribution in [3.8, 4) is 0 Å². The van der Waals surface area contributed by atoms with Crippen LogP contribution in [-0.4, -0.2) is 52.1 Å². The van der Waals surface area contributed by atoms with E-state index in [1.165, 1.54) is 45.2 Å². The largest absolute Gasteiger partial charge is 0.388 e. The molecule has 1 aromatic rings. The fourth-order valence-electron chi connectivity index (χ4n) is 3.36. The van der Waals surface area contributed by atoms with Gasteiger partial charge in [-0.25, -0.2) is 9.97 Å². The summed E-state index contributed by atoms with van der Waals surface area (Å²) in [5.41, 5.74) is 6.15. The van der Waals surface area contributed by atoms with Crippen molar-refractivity contribution in [2.45, 2.75) is 38.1 Å². The van der Waals surface area contributed by atoms with Crippen molar-refractivity contribution in [3.63, 3.8) is 0 Å². The molecule has 21 heavy (non-hydrogen) atoms. The van der Waals surface area contributed by atoms with E-state index in [1.807, 2.05) is 0 Å². The summed E-state index contributed by atoms with van der Waals surface area (Å²) in [6.45, 7) is 4.69. The number of nitrogens with two attached hydrogens (primary N) is 1. The minimum absolute atomic E-state index is 0.304. The van der Waals surface area contributed by atoms with Crippen LogP contribution in [0.1, 0.15) is 37.8 Å². The van der Waals surface area contributed by atoms with E-state index in [9.17, 15) is 0 Å². The second-order valence-corrected chi connectivity index (χ2v) is 6.38. The fraction of sp³-hybridized carbons (Fsp3) is 0.667. The first-order valence-corrected chi connectivity index (χ1v) is 8.26. The molecule has 114 valence electrons. The van der Waals surface area contributed by atoms with Crippen LogP contribution in [0.4, 0.5) is 5.82 Å². The van der Waals surface area contributed by atoms with Gasteiger partial charge in [0.15, 0.2) is 0 Å². The van der Waals surface area contributed by atoms with E-state index >= 15 is 0 Å². The Labute approximate surface area is 131 Å². The fourth-order valence-corrected chi connectivity index (χ4v) is 3.46. The summed E-state index contributed by atoms with van der Waals surface area (Å²) >= 11 is 4.91. The normalized spacial score (nSPS) is 21.4. The Bertz CT molecular complexity index is 475. The van der Waals surface area contributed by atoms with Gasteiger partial charge in [0, 0.05) is 19.1 Å². The van der Waals surface area contributed by atoms with Crippen LogP contribution in [0, 0.1) is 0 Å². The topological polar surface area (TPSA) is 58.3 Å². The number of aromatic nitrogens is 2. The van der Waals surface area contributed by atoms with Gasteiger partial charge < -0.3 is 15.5 Å². The maximum Gasteiger partial charge on any atom is 0.147 e. The van der Waals surface area contributed by atoms with Crippen molar-refractivity contribution >= 4 is 23.0 Å². The van der Waals surface area contributed by atoms with E-state index in [4.69, 9.17) is 18.0 Å². The Morgan fingerprint density at radius 1 is 1.05 bits per heavy atom. The molecule has 0 saturated carbocycles. The molecule has 1 aromatic heterocycles. The van der Waals surface area contributed by atoms with E-state index in [0.29, 0.717) is 10.7 Å². The lowest BCUT2D eigenvalue weighted by Crippen LogP contribution is -2.47. The predicted octanol–water partition coefficient (Wildman–Crippen LogP) is 1.57. The van der Waals surface area contributed by atoms with Gasteiger partial charge in [0.1, 0.15) is 16.5 Å². The lowest BCUT2D eigenvalue weighted by Gasteiger charge is -2.40. The Morgan fingerprint density at radius 3 is 2.33 bits per heavy atom. The molecule has 0 spiro atoms. The van der Waals surface area contributed by atoms with Crippen molar-refractivity contribution in [1.82, 2.24) is 14.9 Å². The number of nitrogens with zero attached hydrogens (tertiary/aromatic N) is 4. The molecule has 0 bridgehead atoms. The summed E-state index contributed by atoms with van der Waals surface area (Å²) < 4.78 is 0. The van der Waals surface area contributed by atoms with E-state index in [1.54, 1.807) is 12.4 Å². The summed E-state index contributed by atoms with van der Waals surface area (Å²) in [5, 5.41) is 0. The molecule has 0 atom stereocenters. The number of hydrogen-bond donors (Lipinski definition) is 1. The molecule has 5 nitrogen and oxygen atoms in total. The van der Waals surface area contributed by atoms with Gasteiger partial charge in [-0.15, -0.1) is 0 Å². The number of anilines is 1. The molecular formula is C15H23N5S. The van der Waals surface area contributed by atoms with Gasteiger partial charge in [-0.1, -0.05) is 18.6 Å². The smallest absolute Gasteiger partial charge is 0.147 e. The highest BCUT2D eigenvalue weighted by atomic mass is 32.1. The zero-order valence-corrected chi connectivity index (χ0v) is 13.2.